The molecule has 0 amide bonds. The largest absolute Gasteiger partial charge is 0.407 e. The van der Waals surface area contributed by atoms with Gasteiger partial charge in [0.05, 0.1) is 5.88 Å². The monoisotopic (exact) mass is 323 g/mol. The van der Waals surface area contributed by atoms with Crippen LogP contribution in [0, 0.1) is 5.92 Å². The van der Waals surface area contributed by atoms with Crippen molar-refractivity contribution >= 4 is 11.6 Å². The Morgan fingerprint density at radius 3 is 1.90 bits per heavy atom. The van der Waals surface area contributed by atoms with E-state index < -0.39 is 24.1 Å². The molecule has 0 fully saturated rings. The van der Waals surface area contributed by atoms with E-state index in [1.54, 1.807) is 13.8 Å². The van der Waals surface area contributed by atoms with Crippen molar-refractivity contribution < 1.29 is 26.3 Å². The van der Waals surface area contributed by atoms with Gasteiger partial charge < -0.3 is 4.57 Å². The molecule has 0 aliphatic carbocycles. The van der Waals surface area contributed by atoms with E-state index >= 15 is 0 Å². The van der Waals surface area contributed by atoms with Crippen LogP contribution in [0.5, 0.6) is 0 Å². The zero-order valence-electron chi connectivity index (χ0n) is 10.6. The average Bonchev–Trinajstić information content (AvgIpc) is 2.56. The molecule has 0 aromatic carbocycles. The minimum atomic E-state index is -5.50. The van der Waals surface area contributed by atoms with Crippen molar-refractivity contribution in [2.24, 2.45) is 5.92 Å². The molecule has 0 saturated heterocycles. The van der Waals surface area contributed by atoms with Crippen molar-refractivity contribution in [2.45, 2.75) is 44.5 Å². The molecule has 0 unspecified atom stereocenters. The molecule has 1 heterocycles. The van der Waals surface area contributed by atoms with Gasteiger partial charge in [0.15, 0.2) is 5.82 Å². The Bertz CT molecular complexity index is 437. The van der Waals surface area contributed by atoms with Gasteiger partial charge in [-0.05, 0) is 5.92 Å². The molecule has 1 rings (SSSR count). The van der Waals surface area contributed by atoms with Crippen molar-refractivity contribution in [1.29, 1.82) is 0 Å². The van der Waals surface area contributed by atoms with Crippen molar-refractivity contribution in [3.05, 3.63) is 11.6 Å². The molecule has 20 heavy (non-hydrogen) atoms. The van der Waals surface area contributed by atoms with Gasteiger partial charge in [0, 0.05) is 6.54 Å². The van der Waals surface area contributed by atoms with Crippen LogP contribution in [-0.2, 0) is 12.4 Å². The quantitative estimate of drug-likeness (QED) is 0.622. The molecular formula is C10H12ClF6N3. The van der Waals surface area contributed by atoms with Crippen LogP contribution in [0.15, 0.2) is 0 Å². The zero-order chi connectivity index (χ0) is 15.7. The molecule has 0 radical (unpaired) electrons. The predicted octanol–water partition coefficient (Wildman–Crippen LogP) is 3.88. The third-order valence-corrected chi connectivity index (χ3v) is 2.68. The third kappa shape index (κ3) is 3.77. The van der Waals surface area contributed by atoms with Crippen LogP contribution < -0.4 is 0 Å². The Kier molecular flexibility index (Phi) is 4.94. The summed E-state index contributed by atoms with van der Waals surface area (Å²) < 4.78 is 77.0. The molecule has 0 saturated carbocycles. The third-order valence-electron chi connectivity index (χ3n) is 2.44. The highest BCUT2D eigenvalue weighted by atomic mass is 35.5. The van der Waals surface area contributed by atoms with Crippen LogP contribution in [-0.4, -0.2) is 27.1 Å². The first kappa shape index (κ1) is 17.1. The second kappa shape index (κ2) is 5.79. The minimum absolute atomic E-state index is 0.0763. The van der Waals surface area contributed by atoms with Crippen LogP contribution >= 0.6 is 11.6 Å². The molecule has 0 aliphatic heterocycles. The molecule has 116 valence electrons. The van der Waals surface area contributed by atoms with Gasteiger partial charge in [0.25, 0.3) is 0 Å². The summed E-state index contributed by atoms with van der Waals surface area (Å²) in [4.78, 5) is 0. The van der Waals surface area contributed by atoms with Crippen LogP contribution in [0.3, 0.4) is 0 Å². The summed E-state index contributed by atoms with van der Waals surface area (Å²) in [6, 6.07) is 0. The zero-order valence-corrected chi connectivity index (χ0v) is 11.3. The topological polar surface area (TPSA) is 30.7 Å². The number of hydrogen-bond acceptors (Lipinski definition) is 2. The Labute approximate surface area is 115 Å². The normalized spacial score (nSPS) is 13.6. The Morgan fingerprint density at radius 2 is 1.55 bits per heavy atom. The van der Waals surface area contributed by atoms with Crippen molar-refractivity contribution in [2.75, 3.05) is 0 Å². The molecule has 3 nitrogen and oxygen atoms in total. The number of aromatic nitrogens is 3. The lowest BCUT2D eigenvalue weighted by Gasteiger charge is -2.23. The first-order valence-corrected chi connectivity index (χ1v) is 6.13. The average molecular weight is 324 g/mol. The fourth-order valence-electron chi connectivity index (χ4n) is 1.70. The van der Waals surface area contributed by atoms with E-state index in [1.165, 1.54) is 0 Å². The molecule has 0 aliphatic rings. The number of alkyl halides is 7. The summed E-state index contributed by atoms with van der Waals surface area (Å²) in [5.41, 5.74) is 0. The van der Waals surface area contributed by atoms with Gasteiger partial charge in [0.1, 0.15) is 5.82 Å². The lowest BCUT2D eigenvalue weighted by atomic mass is 10.1. The summed E-state index contributed by atoms with van der Waals surface area (Å²) in [7, 11) is 0. The molecule has 0 spiro atoms. The van der Waals surface area contributed by atoms with Gasteiger partial charge in [-0.1, -0.05) is 13.8 Å². The van der Waals surface area contributed by atoms with E-state index in [1.807, 2.05) is 0 Å². The van der Waals surface area contributed by atoms with Crippen molar-refractivity contribution in [3.8, 4) is 0 Å². The van der Waals surface area contributed by atoms with Gasteiger partial charge in [0.2, 0.25) is 5.92 Å². The Hall–Kier alpha value is -0.990. The Morgan fingerprint density at radius 1 is 1.05 bits per heavy atom. The van der Waals surface area contributed by atoms with Gasteiger partial charge in [-0.15, -0.1) is 21.8 Å². The van der Waals surface area contributed by atoms with Crippen LogP contribution in [0.1, 0.15) is 31.4 Å². The molecule has 10 heteroatoms. The Balaban J connectivity index is 3.38. The summed E-state index contributed by atoms with van der Waals surface area (Å²) in [6.45, 7) is 3.23. The fraction of sp³-hybridized carbons (Fsp3) is 0.800. The van der Waals surface area contributed by atoms with E-state index in [9.17, 15) is 26.3 Å². The highest BCUT2D eigenvalue weighted by Crippen LogP contribution is 2.45. The predicted molar refractivity (Wildman–Crippen MR) is 59.3 cm³/mol. The van der Waals surface area contributed by atoms with E-state index in [-0.39, 0.29) is 24.2 Å². The van der Waals surface area contributed by atoms with Crippen LogP contribution in [0.2, 0.25) is 0 Å². The highest BCUT2D eigenvalue weighted by molar-refractivity contribution is 6.16. The van der Waals surface area contributed by atoms with Gasteiger partial charge in [-0.25, -0.2) is 0 Å². The van der Waals surface area contributed by atoms with Crippen LogP contribution in [0.4, 0.5) is 26.3 Å². The molecule has 1 aromatic rings. The molecule has 0 atom stereocenters. The van der Waals surface area contributed by atoms with Gasteiger partial charge in [-0.3, -0.25) is 0 Å². The second-order valence-electron chi connectivity index (χ2n) is 4.63. The number of nitrogens with zero attached hydrogens (tertiary/aromatic N) is 3. The number of hydrogen-bond donors (Lipinski definition) is 0. The van der Waals surface area contributed by atoms with E-state index in [0.29, 0.717) is 0 Å². The summed E-state index contributed by atoms with van der Waals surface area (Å²) >= 11 is 5.48. The van der Waals surface area contributed by atoms with Gasteiger partial charge in [-0.2, -0.15) is 26.3 Å². The first-order chi connectivity index (χ1) is 8.98. The highest BCUT2D eigenvalue weighted by Gasteiger charge is 2.60. The summed E-state index contributed by atoms with van der Waals surface area (Å²) in [6.07, 6.45) is -11.0. The maximum absolute atomic E-state index is 12.7. The van der Waals surface area contributed by atoms with E-state index in [0.717, 1.165) is 4.57 Å². The lowest BCUT2D eigenvalue weighted by molar-refractivity contribution is -0.256. The molecule has 1 aromatic heterocycles. The standard InChI is InChI=1S/C10H12ClF6N3/c1-5(2)4-20-6(3-11)18-19-8(20)7(9(12,13)14)10(15,16)17/h5,7H,3-4H2,1-2H3. The van der Waals surface area contributed by atoms with Crippen molar-refractivity contribution in [1.82, 2.24) is 14.8 Å². The van der Waals surface area contributed by atoms with Gasteiger partial charge >= 0.3 is 12.4 Å². The number of halogens is 7. The fourth-order valence-corrected chi connectivity index (χ4v) is 1.90. The number of rotatable bonds is 4. The first-order valence-electron chi connectivity index (χ1n) is 5.59. The minimum Gasteiger partial charge on any atom is -0.313 e. The lowest BCUT2D eigenvalue weighted by Crippen LogP contribution is -2.36. The SMILES string of the molecule is CC(C)Cn1c(CCl)nnc1C(C(F)(F)F)C(F)(F)F. The molecular weight excluding hydrogens is 312 g/mol. The molecule has 0 N–H and O–H groups in total. The smallest absolute Gasteiger partial charge is 0.313 e. The maximum atomic E-state index is 12.7. The van der Waals surface area contributed by atoms with Crippen molar-refractivity contribution in [3.63, 3.8) is 0 Å². The maximum Gasteiger partial charge on any atom is 0.407 e. The second-order valence-corrected chi connectivity index (χ2v) is 4.90. The van der Waals surface area contributed by atoms with E-state index in [2.05, 4.69) is 10.2 Å². The summed E-state index contributed by atoms with van der Waals surface area (Å²) in [5, 5.41) is 6.38. The summed E-state index contributed by atoms with van der Waals surface area (Å²) in [5.74, 6) is -5.46. The van der Waals surface area contributed by atoms with E-state index in [4.69, 9.17) is 11.6 Å². The van der Waals surface area contributed by atoms with Crippen LogP contribution in [0.25, 0.3) is 0 Å². The molecule has 0 bridgehead atoms.